The van der Waals surface area contributed by atoms with Gasteiger partial charge in [0.05, 0.1) is 17.5 Å². The Kier molecular flexibility index (Phi) is 6.79. The van der Waals surface area contributed by atoms with Crippen molar-refractivity contribution in [1.82, 2.24) is 5.32 Å². The van der Waals surface area contributed by atoms with E-state index in [1.807, 2.05) is 0 Å². The first-order chi connectivity index (χ1) is 8.07. The molecule has 1 atom stereocenters. The molecular weight excluding hydrogens is 280 g/mol. The number of hydrogen-bond donors (Lipinski definition) is 2. The number of carbonyl (C=O) groups excluding carboxylic acids is 1. The van der Waals surface area contributed by atoms with Crippen LogP contribution in [0.25, 0.3) is 0 Å². The van der Waals surface area contributed by atoms with Crippen LogP contribution in [0.1, 0.15) is 13.3 Å². The van der Waals surface area contributed by atoms with E-state index in [1.165, 1.54) is 6.92 Å². The predicted molar refractivity (Wildman–Crippen MR) is 69.6 cm³/mol. The zero-order valence-corrected chi connectivity index (χ0v) is 12.2. The van der Waals surface area contributed by atoms with Crippen LogP contribution in [0.3, 0.4) is 0 Å². The highest BCUT2D eigenvalue weighted by Crippen LogP contribution is 1.94. The van der Waals surface area contributed by atoms with Gasteiger partial charge >= 0.3 is 0 Å². The van der Waals surface area contributed by atoms with E-state index in [4.69, 9.17) is 5.73 Å². The van der Waals surface area contributed by atoms with Crippen molar-refractivity contribution in [2.75, 3.05) is 30.1 Å². The van der Waals surface area contributed by atoms with Gasteiger partial charge in [-0.05, 0) is 6.42 Å². The van der Waals surface area contributed by atoms with Crippen LogP contribution < -0.4 is 11.1 Å². The van der Waals surface area contributed by atoms with E-state index in [2.05, 4.69) is 5.32 Å². The highest BCUT2D eigenvalue weighted by Gasteiger charge is 2.16. The molecule has 0 aromatic heterocycles. The van der Waals surface area contributed by atoms with Crippen molar-refractivity contribution in [2.24, 2.45) is 5.73 Å². The van der Waals surface area contributed by atoms with E-state index in [0.29, 0.717) is 0 Å². The summed E-state index contributed by atoms with van der Waals surface area (Å²) < 4.78 is 44.0. The molecule has 108 valence electrons. The number of sulfone groups is 2. The normalized spacial score (nSPS) is 14.2. The van der Waals surface area contributed by atoms with Gasteiger partial charge in [-0.2, -0.15) is 0 Å². The molecule has 0 aliphatic heterocycles. The molecular formula is C9H20N2O5S2. The third-order valence-corrected chi connectivity index (χ3v) is 4.97. The fraction of sp³-hybridized carbons (Fsp3) is 0.889. The smallest absolute Gasteiger partial charge is 0.236 e. The lowest BCUT2D eigenvalue weighted by atomic mass is 10.2. The summed E-state index contributed by atoms with van der Waals surface area (Å²) in [4.78, 5) is 11.4. The highest BCUT2D eigenvalue weighted by molar-refractivity contribution is 7.91. The van der Waals surface area contributed by atoms with E-state index in [-0.39, 0.29) is 30.2 Å². The first kappa shape index (κ1) is 17.3. The Bertz CT molecular complexity index is 469. The van der Waals surface area contributed by atoms with Gasteiger partial charge in [-0.1, -0.05) is 6.92 Å². The van der Waals surface area contributed by atoms with Crippen molar-refractivity contribution in [1.29, 1.82) is 0 Å². The van der Waals surface area contributed by atoms with Crippen LogP contribution in [0.15, 0.2) is 0 Å². The molecule has 18 heavy (non-hydrogen) atoms. The first-order valence-electron chi connectivity index (χ1n) is 5.49. The molecule has 0 fully saturated rings. The maximum absolute atomic E-state index is 11.4. The van der Waals surface area contributed by atoms with Gasteiger partial charge in [0.15, 0.2) is 9.84 Å². The molecule has 0 saturated heterocycles. The predicted octanol–water partition coefficient (Wildman–Crippen LogP) is -1.70. The van der Waals surface area contributed by atoms with Crippen LogP contribution in [0.2, 0.25) is 0 Å². The van der Waals surface area contributed by atoms with Gasteiger partial charge < -0.3 is 11.1 Å². The van der Waals surface area contributed by atoms with Gasteiger partial charge in [0.1, 0.15) is 9.84 Å². The summed E-state index contributed by atoms with van der Waals surface area (Å²) in [6, 6.07) is -0.941. The van der Waals surface area contributed by atoms with Gasteiger partial charge in [-0.15, -0.1) is 0 Å². The molecule has 0 aliphatic carbocycles. The largest absolute Gasteiger partial charge is 0.354 e. The maximum Gasteiger partial charge on any atom is 0.236 e. The van der Waals surface area contributed by atoms with Crippen LogP contribution in [-0.2, 0) is 24.5 Å². The number of carbonyl (C=O) groups is 1. The highest BCUT2D eigenvalue weighted by atomic mass is 32.2. The molecule has 0 bridgehead atoms. The summed E-state index contributed by atoms with van der Waals surface area (Å²) in [5.41, 5.74) is 5.48. The molecule has 0 saturated carbocycles. The zero-order chi connectivity index (χ0) is 14.4. The minimum absolute atomic E-state index is 0.0123. The van der Waals surface area contributed by atoms with Gasteiger partial charge in [-0.25, -0.2) is 16.8 Å². The van der Waals surface area contributed by atoms with E-state index in [0.717, 1.165) is 6.26 Å². The van der Waals surface area contributed by atoms with Gasteiger partial charge in [0, 0.05) is 18.6 Å². The Morgan fingerprint density at radius 2 is 1.78 bits per heavy atom. The second-order valence-electron chi connectivity index (χ2n) is 4.05. The third kappa shape index (κ3) is 8.43. The second kappa shape index (κ2) is 7.05. The fourth-order valence-corrected chi connectivity index (χ4v) is 2.46. The standard InChI is InChI=1S/C9H20N2O5S2/c1-3-18(15,16)7-5-11-9(12)8(10)4-6-17(2,13)14/h8H,3-7,10H2,1-2H3,(H,11,12). The molecule has 3 N–H and O–H groups in total. The number of rotatable bonds is 8. The van der Waals surface area contributed by atoms with Crippen LogP contribution in [-0.4, -0.2) is 58.8 Å². The van der Waals surface area contributed by atoms with Crippen molar-refractivity contribution in [3.63, 3.8) is 0 Å². The monoisotopic (exact) mass is 300 g/mol. The second-order valence-corrected chi connectivity index (χ2v) is 8.78. The van der Waals surface area contributed by atoms with Crippen molar-refractivity contribution in [2.45, 2.75) is 19.4 Å². The lowest BCUT2D eigenvalue weighted by Gasteiger charge is -2.11. The summed E-state index contributed by atoms with van der Waals surface area (Å²) in [7, 11) is -6.28. The van der Waals surface area contributed by atoms with Crippen LogP contribution >= 0.6 is 0 Å². The van der Waals surface area contributed by atoms with Crippen LogP contribution in [0.4, 0.5) is 0 Å². The Balaban J connectivity index is 4.03. The summed E-state index contributed by atoms with van der Waals surface area (Å²) in [5, 5.41) is 2.37. The molecule has 0 radical (unpaired) electrons. The summed E-state index contributed by atoms with van der Waals surface area (Å²) in [5.74, 6) is -0.837. The maximum atomic E-state index is 11.4. The molecule has 1 unspecified atom stereocenters. The van der Waals surface area contributed by atoms with Crippen molar-refractivity contribution in [3.05, 3.63) is 0 Å². The first-order valence-corrected chi connectivity index (χ1v) is 9.37. The Hall–Kier alpha value is -0.670. The number of nitrogens with one attached hydrogen (secondary N) is 1. The van der Waals surface area contributed by atoms with Crippen molar-refractivity contribution < 1.29 is 21.6 Å². The van der Waals surface area contributed by atoms with E-state index < -0.39 is 31.6 Å². The summed E-state index contributed by atoms with van der Waals surface area (Å²) in [6.07, 6.45) is 1.08. The molecule has 0 aromatic carbocycles. The SMILES string of the molecule is CCS(=O)(=O)CCNC(=O)C(N)CCS(C)(=O)=O. The molecule has 7 nitrogen and oxygen atoms in total. The molecule has 0 spiro atoms. The average molecular weight is 300 g/mol. The van der Waals surface area contributed by atoms with Crippen LogP contribution in [0, 0.1) is 0 Å². The van der Waals surface area contributed by atoms with Crippen molar-refractivity contribution >= 4 is 25.6 Å². The van der Waals surface area contributed by atoms with Gasteiger partial charge in [0.25, 0.3) is 0 Å². The Morgan fingerprint density at radius 3 is 2.22 bits per heavy atom. The third-order valence-electron chi connectivity index (χ3n) is 2.29. The lowest BCUT2D eigenvalue weighted by Crippen LogP contribution is -2.43. The lowest BCUT2D eigenvalue weighted by molar-refractivity contribution is -0.122. The molecule has 0 aliphatic rings. The average Bonchev–Trinajstić information content (AvgIpc) is 2.24. The summed E-state index contributed by atoms with van der Waals surface area (Å²) in [6.45, 7) is 1.51. The minimum Gasteiger partial charge on any atom is -0.354 e. The van der Waals surface area contributed by atoms with Gasteiger partial charge in [0.2, 0.25) is 5.91 Å². The van der Waals surface area contributed by atoms with Gasteiger partial charge in [-0.3, -0.25) is 4.79 Å². The minimum atomic E-state index is -3.16. The fourth-order valence-electron chi connectivity index (χ4n) is 1.08. The number of hydrogen-bond acceptors (Lipinski definition) is 6. The van der Waals surface area contributed by atoms with E-state index in [1.54, 1.807) is 0 Å². The Morgan fingerprint density at radius 1 is 1.22 bits per heavy atom. The number of amides is 1. The molecule has 0 rings (SSSR count). The summed E-state index contributed by atoms with van der Waals surface area (Å²) >= 11 is 0. The quantitative estimate of drug-likeness (QED) is 0.550. The number of nitrogens with two attached hydrogens (primary N) is 1. The van der Waals surface area contributed by atoms with E-state index >= 15 is 0 Å². The molecule has 0 aromatic rings. The van der Waals surface area contributed by atoms with Crippen LogP contribution in [0.5, 0.6) is 0 Å². The molecule has 9 heteroatoms. The molecule has 1 amide bonds. The topological polar surface area (TPSA) is 123 Å². The molecule has 0 heterocycles. The zero-order valence-electron chi connectivity index (χ0n) is 10.5. The van der Waals surface area contributed by atoms with Crippen molar-refractivity contribution in [3.8, 4) is 0 Å². The Labute approximate surface area is 108 Å². The van der Waals surface area contributed by atoms with E-state index in [9.17, 15) is 21.6 Å².